The third kappa shape index (κ3) is 3.72. The topological polar surface area (TPSA) is 86.6 Å². The number of hydrogen-bond donors (Lipinski definition) is 2. The van der Waals surface area contributed by atoms with Gasteiger partial charge in [0.1, 0.15) is 5.82 Å². The van der Waals surface area contributed by atoms with Gasteiger partial charge in [-0.15, -0.1) is 0 Å². The average molecular weight is 481 g/mol. The zero-order valence-electron chi connectivity index (χ0n) is 19.6. The summed E-state index contributed by atoms with van der Waals surface area (Å²) in [7, 11) is 0. The minimum absolute atomic E-state index is 0.363. The van der Waals surface area contributed by atoms with Crippen molar-refractivity contribution in [1.82, 2.24) is 23.9 Å². The zero-order valence-corrected chi connectivity index (χ0v) is 19.6. The number of aryl methyl sites for hydroxylation is 1. The number of halogens is 1. The van der Waals surface area contributed by atoms with E-state index in [9.17, 15) is 9.18 Å². The number of aromatic amines is 1. The van der Waals surface area contributed by atoms with Gasteiger partial charge in [0, 0.05) is 47.3 Å². The van der Waals surface area contributed by atoms with Gasteiger partial charge in [-0.3, -0.25) is 0 Å². The van der Waals surface area contributed by atoms with Crippen LogP contribution < -0.4 is 11.4 Å². The van der Waals surface area contributed by atoms with Crippen molar-refractivity contribution < 1.29 is 4.39 Å². The van der Waals surface area contributed by atoms with Gasteiger partial charge >= 0.3 is 5.69 Å². The van der Waals surface area contributed by atoms with Crippen LogP contribution in [0.25, 0.3) is 38.9 Å². The summed E-state index contributed by atoms with van der Waals surface area (Å²) in [4.78, 5) is 13.1. The Labute approximate surface area is 206 Å². The van der Waals surface area contributed by atoms with E-state index >= 15 is 0 Å². The van der Waals surface area contributed by atoms with Gasteiger partial charge in [-0.1, -0.05) is 48.5 Å². The molecule has 7 nitrogen and oxygen atoms in total. The highest BCUT2D eigenvalue weighted by Gasteiger charge is 2.21. The molecule has 6 rings (SSSR count). The Bertz CT molecular complexity index is 1740. The van der Waals surface area contributed by atoms with Gasteiger partial charge in [-0.2, -0.15) is 5.10 Å². The third-order valence-electron chi connectivity index (χ3n) is 6.56. The van der Waals surface area contributed by atoms with Gasteiger partial charge in [-0.05, 0) is 42.8 Å². The first-order chi connectivity index (χ1) is 17.6. The van der Waals surface area contributed by atoms with E-state index in [-0.39, 0.29) is 11.5 Å². The molecule has 0 unspecified atom stereocenters. The molecular formula is C28H25FN6O. The number of nitrogens with one attached hydrogen (secondary N) is 1. The molecule has 3 N–H and O–H groups in total. The van der Waals surface area contributed by atoms with E-state index in [1.165, 1.54) is 22.3 Å². The molecule has 0 radical (unpaired) electrons. The molecule has 0 spiro atoms. The smallest absolute Gasteiger partial charge is 0.345 e. The number of hydrogen-bond acceptors (Lipinski definition) is 3. The second-order valence-electron chi connectivity index (χ2n) is 8.87. The molecule has 3 heterocycles. The molecule has 0 saturated heterocycles. The normalized spacial score (nSPS) is 11.6. The van der Waals surface area contributed by atoms with Crippen molar-refractivity contribution in [3.63, 3.8) is 0 Å². The van der Waals surface area contributed by atoms with Crippen molar-refractivity contribution in [3.8, 4) is 17.1 Å². The summed E-state index contributed by atoms with van der Waals surface area (Å²) in [6.45, 7) is 1.88. The van der Waals surface area contributed by atoms with Crippen molar-refractivity contribution in [2.75, 3.05) is 6.54 Å². The van der Waals surface area contributed by atoms with Crippen LogP contribution in [0, 0.1) is 5.82 Å². The maximum atomic E-state index is 14.3. The van der Waals surface area contributed by atoms with Crippen molar-refractivity contribution in [2.45, 2.75) is 19.5 Å². The van der Waals surface area contributed by atoms with Crippen LogP contribution in [0.4, 0.5) is 4.39 Å². The van der Waals surface area contributed by atoms with Gasteiger partial charge in [-0.25, -0.2) is 18.9 Å². The first kappa shape index (κ1) is 22.1. The van der Waals surface area contributed by atoms with Crippen LogP contribution in [-0.2, 0) is 13.1 Å². The molecule has 0 aliphatic heterocycles. The predicted molar refractivity (Wildman–Crippen MR) is 140 cm³/mol. The molecule has 0 amide bonds. The Hall–Kier alpha value is -4.43. The first-order valence-electron chi connectivity index (χ1n) is 11.9. The van der Waals surface area contributed by atoms with E-state index < -0.39 is 0 Å². The molecular weight excluding hydrogens is 455 g/mol. The minimum atomic E-state index is -0.382. The maximum Gasteiger partial charge on any atom is 0.348 e. The molecule has 36 heavy (non-hydrogen) atoms. The monoisotopic (exact) mass is 480 g/mol. The van der Waals surface area contributed by atoms with E-state index in [2.05, 4.69) is 33.0 Å². The summed E-state index contributed by atoms with van der Waals surface area (Å²) in [5.41, 5.74) is 9.79. The van der Waals surface area contributed by atoms with Crippen molar-refractivity contribution in [3.05, 3.63) is 107 Å². The number of nitrogens with two attached hydrogens (primary N) is 1. The Morgan fingerprint density at radius 2 is 1.67 bits per heavy atom. The van der Waals surface area contributed by atoms with Gasteiger partial charge in [0.05, 0.1) is 11.2 Å². The van der Waals surface area contributed by atoms with Crippen molar-refractivity contribution >= 4 is 21.8 Å². The molecule has 0 fully saturated rings. The van der Waals surface area contributed by atoms with Crippen LogP contribution in [0.3, 0.4) is 0 Å². The van der Waals surface area contributed by atoms with Crippen LogP contribution in [0.2, 0.25) is 0 Å². The van der Waals surface area contributed by atoms with Gasteiger partial charge in [0.25, 0.3) is 0 Å². The summed E-state index contributed by atoms with van der Waals surface area (Å²) in [5.74, 6) is 0.114. The molecule has 0 atom stereocenters. The van der Waals surface area contributed by atoms with Crippen molar-refractivity contribution in [2.24, 2.45) is 5.73 Å². The zero-order chi connectivity index (χ0) is 24.6. The lowest BCUT2D eigenvalue weighted by molar-refractivity contribution is 0.629. The van der Waals surface area contributed by atoms with E-state index in [0.29, 0.717) is 36.5 Å². The van der Waals surface area contributed by atoms with E-state index in [0.717, 1.165) is 28.4 Å². The summed E-state index contributed by atoms with van der Waals surface area (Å²) in [6, 6.07) is 22.9. The van der Waals surface area contributed by atoms with Crippen LogP contribution in [0.15, 0.2) is 90.0 Å². The third-order valence-corrected chi connectivity index (χ3v) is 6.56. The van der Waals surface area contributed by atoms with Gasteiger partial charge in [0.2, 0.25) is 0 Å². The van der Waals surface area contributed by atoms with E-state index in [4.69, 9.17) is 5.73 Å². The molecule has 180 valence electrons. The molecule has 8 heteroatoms. The molecule has 0 aliphatic rings. The fourth-order valence-electron chi connectivity index (χ4n) is 4.91. The number of aromatic nitrogens is 5. The highest BCUT2D eigenvalue weighted by molar-refractivity contribution is 5.96. The Morgan fingerprint density at radius 1 is 0.889 bits per heavy atom. The highest BCUT2D eigenvalue weighted by Crippen LogP contribution is 2.33. The molecule has 0 bridgehead atoms. The molecule has 3 aromatic heterocycles. The Kier molecular flexibility index (Phi) is 5.50. The second-order valence-corrected chi connectivity index (χ2v) is 8.87. The van der Waals surface area contributed by atoms with Crippen LogP contribution in [0.5, 0.6) is 0 Å². The molecule has 6 aromatic rings. The summed E-state index contributed by atoms with van der Waals surface area (Å²) < 4.78 is 20.0. The van der Waals surface area contributed by atoms with Crippen LogP contribution >= 0.6 is 0 Å². The molecule has 0 saturated carbocycles. The number of para-hydroxylation sites is 1. The highest BCUT2D eigenvalue weighted by atomic mass is 19.1. The van der Waals surface area contributed by atoms with Crippen LogP contribution in [0.1, 0.15) is 12.0 Å². The summed E-state index contributed by atoms with van der Waals surface area (Å²) >= 11 is 0. The second kappa shape index (κ2) is 8.98. The largest absolute Gasteiger partial charge is 0.348 e. The van der Waals surface area contributed by atoms with Gasteiger partial charge in [0.15, 0.2) is 5.82 Å². The number of benzene rings is 3. The number of nitrogens with zero attached hydrogens (tertiary/aromatic N) is 4. The SMILES string of the molecule is NCCCn1cc(-n2c(-c3cn(Cc4ccccc4)c4ccccc34)n[nH]c2=O)c2cc(F)ccc21. The first-order valence-corrected chi connectivity index (χ1v) is 11.9. The van der Waals surface area contributed by atoms with E-state index in [1.807, 2.05) is 53.4 Å². The van der Waals surface area contributed by atoms with Crippen molar-refractivity contribution in [1.29, 1.82) is 0 Å². The van der Waals surface area contributed by atoms with Crippen LogP contribution in [-0.4, -0.2) is 30.4 Å². The fourth-order valence-corrected chi connectivity index (χ4v) is 4.91. The predicted octanol–water partition coefficient (Wildman–Crippen LogP) is 4.67. The number of fused-ring (bicyclic) bond motifs is 2. The van der Waals surface area contributed by atoms with E-state index in [1.54, 1.807) is 6.07 Å². The number of rotatable bonds is 7. The minimum Gasteiger partial charge on any atom is -0.345 e. The number of H-pyrrole nitrogens is 1. The van der Waals surface area contributed by atoms with Gasteiger partial charge < -0.3 is 14.9 Å². The lowest BCUT2D eigenvalue weighted by Crippen LogP contribution is -2.15. The fraction of sp³-hybridized carbons (Fsp3) is 0.143. The summed E-state index contributed by atoms with van der Waals surface area (Å²) in [6.07, 6.45) is 4.67. The molecule has 0 aliphatic carbocycles. The quantitative estimate of drug-likeness (QED) is 0.348. The molecule has 3 aromatic carbocycles. The average Bonchev–Trinajstić information content (AvgIpc) is 3.56. The Balaban J connectivity index is 1.55. The lowest BCUT2D eigenvalue weighted by Gasteiger charge is -2.05. The Morgan fingerprint density at radius 3 is 2.50 bits per heavy atom. The lowest BCUT2D eigenvalue weighted by atomic mass is 10.1. The maximum absolute atomic E-state index is 14.3. The summed E-state index contributed by atoms with van der Waals surface area (Å²) in [5, 5.41) is 8.66. The standard InChI is InChI=1S/C28H25FN6O/c29-20-11-12-25-22(15-20)26(18-33(25)14-6-13-30)35-27(31-32-28(35)36)23-17-34(16-19-7-2-1-3-8-19)24-10-5-4-9-21(23)24/h1-5,7-12,15,17-18H,6,13-14,16,30H2,(H,32,36).